The van der Waals surface area contributed by atoms with Crippen LogP contribution in [0.25, 0.3) is 0 Å². The van der Waals surface area contributed by atoms with Crippen molar-refractivity contribution in [3.8, 4) is 11.5 Å². The van der Waals surface area contributed by atoms with Gasteiger partial charge in [-0.3, -0.25) is 19.7 Å². The van der Waals surface area contributed by atoms with Crippen LogP contribution in [0.15, 0.2) is 41.5 Å². The van der Waals surface area contributed by atoms with Gasteiger partial charge in [0.1, 0.15) is 5.82 Å². The van der Waals surface area contributed by atoms with Gasteiger partial charge in [-0.1, -0.05) is 6.07 Å². The molecule has 0 unspecified atom stereocenters. The van der Waals surface area contributed by atoms with Crippen LogP contribution < -0.4 is 15.5 Å². The van der Waals surface area contributed by atoms with E-state index in [1.54, 1.807) is 0 Å². The molecule has 0 saturated carbocycles. The number of carbonyl (C=O) groups is 2. The number of carbonyl (C=O) groups excluding carboxylic acids is 2. The number of benzene rings is 2. The molecule has 0 saturated heterocycles. The summed E-state index contributed by atoms with van der Waals surface area (Å²) in [4.78, 5) is 33.6. The number of aromatic hydroxyl groups is 1. The lowest BCUT2D eigenvalue weighted by Crippen LogP contribution is -2.34. The Kier molecular flexibility index (Phi) is 6.58. The number of nitro groups is 1. The van der Waals surface area contributed by atoms with Crippen molar-refractivity contribution in [1.82, 2.24) is 10.7 Å². The van der Waals surface area contributed by atoms with E-state index < -0.39 is 40.5 Å². The van der Waals surface area contributed by atoms with Gasteiger partial charge in [-0.2, -0.15) is 5.10 Å². The number of hydrazone groups is 1. The highest BCUT2D eigenvalue weighted by molar-refractivity contribution is 5.96. The molecule has 2 aromatic rings. The predicted molar refractivity (Wildman–Crippen MR) is 95.8 cm³/mol. The number of hydrogen-bond acceptors (Lipinski definition) is 7. The van der Waals surface area contributed by atoms with Gasteiger partial charge in [0.25, 0.3) is 11.8 Å². The van der Waals surface area contributed by atoms with Gasteiger partial charge >= 0.3 is 5.69 Å². The van der Waals surface area contributed by atoms with Crippen molar-refractivity contribution in [2.75, 3.05) is 13.7 Å². The fraction of sp³-hybridized carbons (Fsp3) is 0.118. The van der Waals surface area contributed by atoms with Crippen LogP contribution in [-0.4, -0.2) is 41.7 Å². The van der Waals surface area contributed by atoms with Gasteiger partial charge in [0.2, 0.25) is 5.75 Å². The lowest BCUT2D eigenvalue weighted by Gasteiger charge is -2.05. The summed E-state index contributed by atoms with van der Waals surface area (Å²) in [6.07, 6.45) is 1.10. The van der Waals surface area contributed by atoms with Crippen LogP contribution in [0.1, 0.15) is 15.9 Å². The predicted octanol–water partition coefficient (Wildman–Crippen LogP) is 1.33. The van der Waals surface area contributed by atoms with Gasteiger partial charge in [-0.15, -0.1) is 0 Å². The monoisotopic (exact) mass is 390 g/mol. The third-order valence-electron chi connectivity index (χ3n) is 3.39. The minimum absolute atomic E-state index is 0.0554. The van der Waals surface area contributed by atoms with Crippen molar-refractivity contribution in [2.45, 2.75) is 0 Å². The molecule has 0 aliphatic heterocycles. The van der Waals surface area contributed by atoms with Crippen molar-refractivity contribution in [3.05, 3.63) is 63.5 Å². The molecular formula is C17H15FN4O6. The second-order valence-electron chi connectivity index (χ2n) is 5.33. The zero-order chi connectivity index (χ0) is 20.7. The Labute approximate surface area is 157 Å². The second kappa shape index (κ2) is 9.07. The lowest BCUT2D eigenvalue weighted by atomic mass is 10.2. The third kappa shape index (κ3) is 5.24. The molecule has 2 amide bonds. The summed E-state index contributed by atoms with van der Waals surface area (Å²) >= 11 is 0. The number of phenolic OH excluding ortho intramolecular Hbond substituents is 1. The van der Waals surface area contributed by atoms with Crippen LogP contribution in [0.4, 0.5) is 10.1 Å². The maximum atomic E-state index is 13.1. The Morgan fingerprint density at radius 3 is 2.75 bits per heavy atom. The fourth-order valence-corrected chi connectivity index (χ4v) is 2.09. The zero-order valence-electron chi connectivity index (χ0n) is 14.5. The average molecular weight is 390 g/mol. The largest absolute Gasteiger partial charge is 0.500 e. The molecule has 10 nitrogen and oxygen atoms in total. The summed E-state index contributed by atoms with van der Waals surface area (Å²) in [7, 11) is 1.22. The van der Waals surface area contributed by atoms with E-state index >= 15 is 0 Å². The van der Waals surface area contributed by atoms with Crippen LogP contribution in [0, 0.1) is 15.9 Å². The smallest absolute Gasteiger partial charge is 0.315 e. The van der Waals surface area contributed by atoms with E-state index in [1.807, 2.05) is 0 Å². The van der Waals surface area contributed by atoms with E-state index in [1.165, 1.54) is 31.4 Å². The molecule has 0 spiro atoms. The zero-order valence-corrected chi connectivity index (χ0v) is 14.5. The van der Waals surface area contributed by atoms with E-state index in [9.17, 15) is 29.2 Å². The minimum Gasteiger partial charge on any atom is -0.500 e. The molecule has 0 radical (unpaired) electrons. The van der Waals surface area contributed by atoms with E-state index in [2.05, 4.69) is 15.8 Å². The van der Waals surface area contributed by atoms with E-state index in [-0.39, 0.29) is 16.9 Å². The van der Waals surface area contributed by atoms with Crippen molar-refractivity contribution < 1.29 is 28.7 Å². The highest BCUT2D eigenvalue weighted by Crippen LogP contribution is 2.36. The quantitative estimate of drug-likeness (QED) is 0.370. The normalized spacial score (nSPS) is 10.5. The molecule has 0 heterocycles. The Morgan fingerprint density at radius 1 is 1.36 bits per heavy atom. The molecule has 3 N–H and O–H groups in total. The first-order valence-corrected chi connectivity index (χ1v) is 7.73. The van der Waals surface area contributed by atoms with Crippen LogP contribution in [0.3, 0.4) is 0 Å². The standard InChI is InChI=1S/C17H15FN4O6/c1-28-14-6-10(5-13(16(14)24)22(26)27)8-20-21-15(23)9-19-17(25)11-3-2-4-12(18)7-11/h2-8,24H,9H2,1H3,(H,19,25)(H,21,23)/b20-8+. The second-order valence-corrected chi connectivity index (χ2v) is 5.33. The maximum Gasteiger partial charge on any atom is 0.315 e. The number of phenols is 1. The van der Waals surface area contributed by atoms with Crippen LogP contribution in [-0.2, 0) is 4.79 Å². The lowest BCUT2D eigenvalue weighted by molar-refractivity contribution is -0.386. The number of nitro benzene ring substituents is 1. The van der Waals surface area contributed by atoms with Crippen molar-refractivity contribution >= 4 is 23.7 Å². The number of methoxy groups -OCH3 is 1. The van der Waals surface area contributed by atoms with Gasteiger partial charge in [0, 0.05) is 17.2 Å². The number of nitrogens with zero attached hydrogens (tertiary/aromatic N) is 2. The summed E-state index contributed by atoms with van der Waals surface area (Å²) in [5.41, 5.74) is 1.77. The molecule has 2 rings (SSSR count). The Morgan fingerprint density at radius 2 is 2.11 bits per heavy atom. The van der Waals surface area contributed by atoms with Crippen molar-refractivity contribution in [2.24, 2.45) is 5.10 Å². The molecule has 0 bridgehead atoms. The number of amides is 2. The number of nitrogens with one attached hydrogen (secondary N) is 2. The van der Waals surface area contributed by atoms with E-state index in [0.717, 1.165) is 18.3 Å². The van der Waals surface area contributed by atoms with Crippen molar-refractivity contribution in [1.29, 1.82) is 0 Å². The first-order chi connectivity index (χ1) is 13.3. The minimum atomic E-state index is -0.796. The summed E-state index contributed by atoms with van der Waals surface area (Å²) in [5, 5.41) is 26.5. The Balaban J connectivity index is 1.95. The molecule has 0 atom stereocenters. The third-order valence-corrected chi connectivity index (χ3v) is 3.39. The molecule has 0 aliphatic carbocycles. The molecule has 0 fully saturated rings. The molecule has 0 aromatic heterocycles. The van der Waals surface area contributed by atoms with Gasteiger partial charge in [-0.25, -0.2) is 9.82 Å². The molecule has 2 aromatic carbocycles. The highest BCUT2D eigenvalue weighted by Gasteiger charge is 2.19. The van der Waals surface area contributed by atoms with Crippen LogP contribution >= 0.6 is 0 Å². The fourth-order valence-electron chi connectivity index (χ4n) is 2.09. The van der Waals surface area contributed by atoms with Crippen LogP contribution in [0.2, 0.25) is 0 Å². The summed E-state index contributed by atoms with van der Waals surface area (Å²) in [6, 6.07) is 7.28. The Hall–Kier alpha value is -4.02. The Bertz CT molecular complexity index is 947. The maximum absolute atomic E-state index is 13.1. The van der Waals surface area contributed by atoms with Gasteiger partial charge in [0.15, 0.2) is 5.75 Å². The average Bonchev–Trinajstić information content (AvgIpc) is 2.66. The van der Waals surface area contributed by atoms with Gasteiger partial charge in [0.05, 0.1) is 24.8 Å². The van der Waals surface area contributed by atoms with Gasteiger partial charge < -0.3 is 15.2 Å². The topological polar surface area (TPSA) is 143 Å². The van der Waals surface area contributed by atoms with Crippen LogP contribution in [0.5, 0.6) is 11.5 Å². The number of halogens is 1. The molecule has 28 heavy (non-hydrogen) atoms. The summed E-state index contributed by atoms with van der Waals surface area (Å²) in [5.74, 6) is -2.67. The van der Waals surface area contributed by atoms with E-state index in [4.69, 9.17) is 4.74 Å². The van der Waals surface area contributed by atoms with E-state index in [0.29, 0.717) is 0 Å². The summed E-state index contributed by atoms with van der Waals surface area (Å²) in [6.45, 7) is -0.425. The first-order valence-electron chi connectivity index (χ1n) is 7.73. The van der Waals surface area contributed by atoms with Gasteiger partial charge in [-0.05, 0) is 24.3 Å². The molecule has 146 valence electrons. The molecular weight excluding hydrogens is 375 g/mol. The molecule has 11 heteroatoms. The first kappa shape index (κ1) is 20.3. The number of hydrogen-bond donors (Lipinski definition) is 3. The van der Waals surface area contributed by atoms with Crippen molar-refractivity contribution in [3.63, 3.8) is 0 Å². The summed E-state index contributed by atoms with van der Waals surface area (Å²) < 4.78 is 17.9. The number of rotatable bonds is 7. The molecule has 0 aliphatic rings. The SMILES string of the molecule is COc1cc(/C=N/NC(=O)CNC(=O)c2cccc(F)c2)cc([N+](=O)[O-])c1O. The highest BCUT2D eigenvalue weighted by atomic mass is 19.1. The number of ether oxygens (including phenoxy) is 1.